The highest BCUT2D eigenvalue weighted by molar-refractivity contribution is 5.75. The third-order valence-corrected chi connectivity index (χ3v) is 2.82. The Balaban J connectivity index is 0.00000232. The Morgan fingerprint density at radius 2 is 1.83 bits per heavy atom. The Hall–Kier alpha value is -1.60. The summed E-state index contributed by atoms with van der Waals surface area (Å²) in [5, 5.41) is 12.9. The van der Waals surface area contributed by atoms with Gasteiger partial charge in [0.05, 0.1) is 0 Å². The smallest absolute Gasteiger partial charge is 0.314 e. The number of aromatic nitrogens is 1. The van der Waals surface area contributed by atoms with E-state index in [9.17, 15) is 9.90 Å². The second-order valence-corrected chi connectivity index (χ2v) is 4.78. The Morgan fingerprint density at radius 3 is 2.26 bits per heavy atom. The van der Waals surface area contributed by atoms with Gasteiger partial charge in [0, 0.05) is 19.3 Å². The number of nitrogens with zero attached hydrogens (tertiary/aromatic N) is 1. The Labute approximate surface area is 137 Å². The van der Waals surface area contributed by atoms with Gasteiger partial charge >= 0.3 is 5.97 Å². The van der Waals surface area contributed by atoms with E-state index < -0.39 is 18.2 Å². The molecule has 1 aromatic rings. The first-order valence-electron chi connectivity index (χ1n) is 8.04. The van der Waals surface area contributed by atoms with Crippen molar-refractivity contribution in [2.24, 2.45) is 5.92 Å². The molecule has 1 N–H and O–H groups in total. The normalized spacial score (nSPS) is 12.0. The number of hydrogen-bond acceptors (Lipinski definition) is 6. The molecular formula is C16H29NO6. The van der Waals surface area contributed by atoms with Crippen molar-refractivity contribution in [3.05, 3.63) is 11.8 Å². The molecule has 0 aliphatic rings. The van der Waals surface area contributed by atoms with Gasteiger partial charge in [0.15, 0.2) is 12.1 Å². The number of carboxylic acid groups (broad SMARTS) is 1. The summed E-state index contributed by atoms with van der Waals surface area (Å²) in [4.78, 5) is 11.2. The minimum atomic E-state index is -0.950. The minimum absolute atomic E-state index is 0.108. The van der Waals surface area contributed by atoms with E-state index in [4.69, 9.17) is 18.7 Å². The molecule has 0 saturated carbocycles. The molecule has 1 unspecified atom stereocenters. The maximum absolute atomic E-state index is 11.2. The molecule has 23 heavy (non-hydrogen) atoms. The quantitative estimate of drug-likeness (QED) is 0.658. The third kappa shape index (κ3) is 7.47. The predicted molar refractivity (Wildman–Crippen MR) is 85.6 cm³/mol. The number of rotatable bonds is 10. The fraction of sp³-hybridized carbons (Fsp3) is 0.750. The molecule has 0 fully saturated rings. The molecular weight excluding hydrogens is 302 g/mol. The summed E-state index contributed by atoms with van der Waals surface area (Å²) in [5.74, 6) is -1.31. The third-order valence-electron chi connectivity index (χ3n) is 2.82. The Bertz CT molecular complexity index is 426. The van der Waals surface area contributed by atoms with Gasteiger partial charge in [0.1, 0.15) is 12.5 Å². The van der Waals surface area contributed by atoms with E-state index in [0.717, 1.165) is 0 Å². The number of ether oxygens (including phenoxy) is 3. The van der Waals surface area contributed by atoms with Crippen LogP contribution in [0.15, 0.2) is 10.6 Å². The lowest BCUT2D eigenvalue weighted by Gasteiger charge is -2.16. The van der Waals surface area contributed by atoms with Gasteiger partial charge in [0.25, 0.3) is 5.88 Å². The van der Waals surface area contributed by atoms with Crippen LogP contribution in [0.25, 0.3) is 0 Å². The van der Waals surface area contributed by atoms with Crippen LogP contribution in [0.1, 0.15) is 53.2 Å². The van der Waals surface area contributed by atoms with Gasteiger partial charge in [-0.05, 0) is 24.9 Å². The summed E-state index contributed by atoms with van der Waals surface area (Å²) < 4.78 is 21.2. The van der Waals surface area contributed by atoms with Gasteiger partial charge in [-0.15, -0.1) is 0 Å². The maximum atomic E-state index is 11.2. The van der Waals surface area contributed by atoms with Gasteiger partial charge < -0.3 is 23.8 Å². The molecule has 0 aliphatic carbocycles. The lowest BCUT2D eigenvalue weighted by molar-refractivity contribution is -0.153. The lowest BCUT2D eigenvalue weighted by atomic mass is 9.94. The largest absolute Gasteiger partial charge is 0.481 e. The molecule has 7 heteroatoms. The molecule has 1 heterocycles. The zero-order chi connectivity index (χ0) is 17.8. The molecule has 0 bridgehead atoms. The molecule has 0 saturated heterocycles. The number of hydrogen-bond donors (Lipinski definition) is 1. The molecule has 134 valence electrons. The molecule has 0 spiro atoms. The fourth-order valence-corrected chi connectivity index (χ4v) is 1.89. The van der Waals surface area contributed by atoms with Crippen LogP contribution in [0.2, 0.25) is 0 Å². The second kappa shape index (κ2) is 11.9. The monoisotopic (exact) mass is 331 g/mol. The van der Waals surface area contributed by atoms with E-state index in [2.05, 4.69) is 5.16 Å². The summed E-state index contributed by atoms with van der Waals surface area (Å²) in [5.41, 5.74) is 0. The zero-order valence-corrected chi connectivity index (χ0v) is 14.9. The first kappa shape index (κ1) is 21.4. The summed E-state index contributed by atoms with van der Waals surface area (Å²) in [6, 6.07) is 1.49. The Morgan fingerprint density at radius 1 is 1.26 bits per heavy atom. The molecule has 1 aromatic heterocycles. The number of carboxylic acids is 1. The minimum Gasteiger partial charge on any atom is -0.481 e. The van der Waals surface area contributed by atoms with Gasteiger partial charge in [-0.3, -0.25) is 4.79 Å². The highest BCUT2D eigenvalue weighted by atomic mass is 16.7. The summed E-state index contributed by atoms with van der Waals surface area (Å²) in [6.45, 7) is 12.5. The highest BCUT2D eigenvalue weighted by Gasteiger charge is 2.28. The molecule has 0 aromatic carbocycles. The van der Waals surface area contributed by atoms with Crippen molar-refractivity contribution in [3.8, 4) is 5.88 Å². The van der Waals surface area contributed by atoms with Crippen LogP contribution in [0.4, 0.5) is 0 Å². The summed E-state index contributed by atoms with van der Waals surface area (Å²) in [7, 11) is 0. The van der Waals surface area contributed by atoms with Crippen LogP contribution in [0, 0.1) is 5.92 Å². The average Bonchev–Trinajstić information content (AvgIpc) is 2.95. The first-order chi connectivity index (χ1) is 11.0. The van der Waals surface area contributed by atoms with Crippen molar-refractivity contribution in [1.82, 2.24) is 5.16 Å². The SMILES string of the molecule is CC.CCOC(COc1cc(C(C(=O)O)C(C)C)on1)OCC. The number of aliphatic carboxylic acids is 1. The van der Waals surface area contributed by atoms with E-state index in [1.165, 1.54) is 6.07 Å². The van der Waals surface area contributed by atoms with Crippen molar-refractivity contribution < 1.29 is 28.6 Å². The molecule has 1 rings (SSSR count). The van der Waals surface area contributed by atoms with Crippen molar-refractivity contribution in [2.45, 2.75) is 53.8 Å². The topological polar surface area (TPSA) is 91.0 Å². The van der Waals surface area contributed by atoms with Crippen molar-refractivity contribution in [1.29, 1.82) is 0 Å². The average molecular weight is 331 g/mol. The van der Waals surface area contributed by atoms with E-state index in [-0.39, 0.29) is 24.2 Å². The van der Waals surface area contributed by atoms with E-state index in [1.54, 1.807) is 0 Å². The van der Waals surface area contributed by atoms with Gasteiger partial charge in [-0.25, -0.2) is 0 Å². The van der Waals surface area contributed by atoms with Gasteiger partial charge in [-0.2, -0.15) is 0 Å². The van der Waals surface area contributed by atoms with Crippen LogP contribution < -0.4 is 4.74 Å². The standard InChI is InChI=1S/C14H23NO6.C2H6/c1-5-18-12(19-6-2)8-20-11-7-10(21-15-11)13(9(3)4)14(16)17;1-2/h7,9,12-13H,5-6,8H2,1-4H3,(H,16,17);1-2H3. The second-order valence-electron chi connectivity index (χ2n) is 4.78. The molecule has 0 aliphatic heterocycles. The maximum Gasteiger partial charge on any atom is 0.314 e. The Kier molecular flexibility index (Phi) is 11.1. The molecule has 0 amide bonds. The predicted octanol–water partition coefficient (Wildman–Crippen LogP) is 3.30. The lowest BCUT2D eigenvalue weighted by Crippen LogP contribution is -2.25. The van der Waals surface area contributed by atoms with Crippen molar-refractivity contribution in [2.75, 3.05) is 19.8 Å². The van der Waals surface area contributed by atoms with Crippen LogP contribution in [-0.4, -0.2) is 42.3 Å². The van der Waals surface area contributed by atoms with Crippen LogP contribution >= 0.6 is 0 Å². The zero-order valence-electron chi connectivity index (χ0n) is 14.9. The van der Waals surface area contributed by atoms with Crippen LogP contribution in [0.3, 0.4) is 0 Å². The number of carbonyl (C=O) groups is 1. The molecule has 7 nitrogen and oxygen atoms in total. The van der Waals surface area contributed by atoms with E-state index in [0.29, 0.717) is 13.2 Å². The van der Waals surface area contributed by atoms with Crippen LogP contribution in [-0.2, 0) is 14.3 Å². The molecule has 1 atom stereocenters. The van der Waals surface area contributed by atoms with E-state index >= 15 is 0 Å². The molecule has 0 radical (unpaired) electrons. The van der Waals surface area contributed by atoms with Crippen LogP contribution in [0.5, 0.6) is 5.88 Å². The fourth-order valence-electron chi connectivity index (χ4n) is 1.89. The summed E-state index contributed by atoms with van der Waals surface area (Å²) in [6.07, 6.45) is -0.486. The highest BCUT2D eigenvalue weighted by Crippen LogP contribution is 2.27. The van der Waals surface area contributed by atoms with Crippen molar-refractivity contribution >= 4 is 5.97 Å². The van der Waals surface area contributed by atoms with Gasteiger partial charge in [-0.1, -0.05) is 27.7 Å². The summed E-state index contributed by atoms with van der Waals surface area (Å²) >= 11 is 0. The van der Waals surface area contributed by atoms with Crippen molar-refractivity contribution in [3.63, 3.8) is 0 Å². The van der Waals surface area contributed by atoms with E-state index in [1.807, 2.05) is 41.5 Å². The first-order valence-corrected chi connectivity index (χ1v) is 8.04. The van der Waals surface area contributed by atoms with Gasteiger partial charge in [0.2, 0.25) is 0 Å².